The van der Waals surface area contributed by atoms with Crippen LogP contribution in [0, 0.1) is 0 Å². The summed E-state index contributed by atoms with van der Waals surface area (Å²) in [6.45, 7) is 1.81. The maximum absolute atomic E-state index is 11.0. The Morgan fingerprint density at radius 1 is 1.90 bits per heavy atom. The molecule has 1 aromatic rings. The molecule has 4 heteroatoms. The minimum Gasteiger partial charge on any atom is -0.292 e. The van der Waals surface area contributed by atoms with E-state index in [9.17, 15) is 4.79 Å². The van der Waals surface area contributed by atoms with E-state index < -0.39 is 0 Å². The molecule has 1 rings (SSSR count). The maximum atomic E-state index is 11.0. The van der Waals surface area contributed by atoms with E-state index in [1.54, 1.807) is 5.51 Å². The molecule has 0 unspecified atom stereocenters. The summed E-state index contributed by atoms with van der Waals surface area (Å²) in [7, 11) is 0. The van der Waals surface area contributed by atoms with Crippen LogP contribution in [0.2, 0.25) is 0 Å². The van der Waals surface area contributed by atoms with Gasteiger partial charge in [0.2, 0.25) is 0 Å². The van der Waals surface area contributed by atoms with Gasteiger partial charge >= 0.3 is 0 Å². The van der Waals surface area contributed by atoms with Gasteiger partial charge in [0.25, 0.3) is 0 Å². The highest BCUT2D eigenvalue weighted by Crippen LogP contribution is 2.18. The van der Waals surface area contributed by atoms with Crippen LogP contribution in [0.15, 0.2) is 9.72 Å². The fourth-order valence-corrected chi connectivity index (χ4v) is 1.46. The molecule has 2 nitrogen and oxygen atoms in total. The molecule has 10 heavy (non-hydrogen) atoms. The fourth-order valence-electron chi connectivity index (χ4n) is 0.599. The number of carbonyl (C=O) groups excluding carboxylic acids is 1. The van der Waals surface area contributed by atoms with E-state index in [0.29, 0.717) is 16.3 Å². The number of thiazole rings is 1. The van der Waals surface area contributed by atoms with Gasteiger partial charge in [-0.05, 0) is 0 Å². The lowest BCUT2D eigenvalue weighted by molar-refractivity contribution is 0.0981. The summed E-state index contributed by atoms with van der Waals surface area (Å²) in [5.41, 5.74) is 2.14. The Hall–Kier alpha value is -0.350. The third-order valence-electron chi connectivity index (χ3n) is 1.13. The lowest BCUT2D eigenvalue weighted by Gasteiger charge is -1.89. The predicted molar refractivity (Wildman–Crippen MR) is 44.0 cm³/mol. The first-order chi connectivity index (χ1) is 4.75. The maximum Gasteiger partial charge on any atom is 0.182 e. The van der Waals surface area contributed by atoms with Gasteiger partial charge in [-0.2, -0.15) is 0 Å². The van der Waals surface area contributed by atoms with E-state index >= 15 is 0 Å². The minimum atomic E-state index is 0.0613. The predicted octanol–water partition coefficient (Wildman–Crippen LogP) is 2.02. The van der Waals surface area contributed by atoms with Crippen molar-refractivity contribution < 1.29 is 4.79 Å². The minimum absolute atomic E-state index is 0.0613. The number of rotatable bonds is 2. The summed E-state index contributed by atoms with van der Waals surface area (Å²) in [4.78, 5) is 14.9. The molecule has 0 aliphatic heterocycles. The Morgan fingerprint density at radius 3 is 3.00 bits per heavy atom. The smallest absolute Gasteiger partial charge is 0.182 e. The van der Waals surface area contributed by atoms with Gasteiger partial charge in [-0.15, -0.1) is 24.0 Å². The molecule has 0 saturated heterocycles. The molecular weight excluding hydrogens is 166 g/mol. The highest BCUT2D eigenvalue weighted by molar-refractivity contribution is 7.82. The van der Waals surface area contributed by atoms with E-state index in [-0.39, 0.29) is 5.78 Å². The molecule has 0 spiro atoms. The molecule has 0 radical (unpaired) electrons. The Kier molecular flexibility index (Phi) is 2.45. The van der Waals surface area contributed by atoms with Crippen LogP contribution in [0.5, 0.6) is 0 Å². The van der Waals surface area contributed by atoms with E-state index in [2.05, 4.69) is 17.6 Å². The summed E-state index contributed by atoms with van der Waals surface area (Å²) in [5.74, 6) is 0.0613. The van der Waals surface area contributed by atoms with Crippen molar-refractivity contribution in [3.05, 3.63) is 11.2 Å². The molecule has 0 N–H and O–H groups in total. The average molecular weight is 173 g/mol. The molecule has 0 saturated carbocycles. The molecule has 0 bridgehead atoms. The second kappa shape index (κ2) is 3.16. The van der Waals surface area contributed by atoms with Crippen LogP contribution in [0.4, 0.5) is 0 Å². The summed E-state index contributed by atoms with van der Waals surface area (Å²) in [6.07, 6.45) is 0.497. The number of hydrogen-bond acceptors (Lipinski definition) is 4. The summed E-state index contributed by atoms with van der Waals surface area (Å²) < 4.78 is 0.715. The molecule has 0 aromatic carbocycles. The van der Waals surface area contributed by atoms with Crippen LogP contribution in [0.3, 0.4) is 0 Å². The number of aromatic nitrogens is 1. The third-order valence-corrected chi connectivity index (χ3v) is 2.29. The normalized spacial score (nSPS) is 9.80. The van der Waals surface area contributed by atoms with E-state index in [4.69, 9.17) is 0 Å². The Bertz CT molecular complexity index is 244. The zero-order valence-electron chi connectivity index (χ0n) is 5.50. The average Bonchev–Trinajstić information content (AvgIpc) is 2.34. The van der Waals surface area contributed by atoms with Crippen LogP contribution in [-0.2, 0) is 0 Å². The van der Waals surface area contributed by atoms with Gasteiger partial charge in [0.15, 0.2) is 5.78 Å². The van der Waals surface area contributed by atoms with Crippen LogP contribution in [0.1, 0.15) is 23.8 Å². The number of ketones is 1. The first-order valence-electron chi connectivity index (χ1n) is 2.91. The van der Waals surface area contributed by atoms with Crippen molar-refractivity contribution in [2.45, 2.75) is 17.6 Å². The van der Waals surface area contributed by atoms with Gasteiger partial charge in [-0.25, -0.2) is 4.98 Å². The third kappa shape index (κ3) is 1.38. The number of Topliss-reactive ketones (excluding diaryl/α,β-unsaturated/α-hetero) is 1. The van der Waals surface area contributed by atoms with Crippen LogP contribution >= 0.6 is 24.0 Å². The van der Waals surface area contributed by atoms with E-state index in [0.717, 1.165) is 0 Å². The molecule has 0 fully saturated rings. The zero-order chi connectivity index (χ0) is 7.56. The molecule has 54 valence electrons. The van der Waals surface area contributed by atoms with E-state index in [1.807, 2.05) is 6.92 Å². The lowest BCUT2D eigenvalue weighted by atomic mass is 10.2. The number of nitrogens with zero attached hydrogens (tertiary/aromatic N) is 1. The topological polar surface area (TPSA) is 30.0 Å². The van der Waals surface area contributed by atoms with E-state index in [1.165, 1.54) is 11.3 Å². The van der Waals surface area contributed by atoms with Crippen molar-refractivity contribution in [3.63, 3.8) is 0 Å². The molecule has 0 amide bonds. The molecule has 1 aromatic heterocycles. The SMILES string of the molecule is CCC(=O)c1ncsc1S. The summed E-state index contributed by atoms with van der Waals surface area (Å²) >= 11 is 5.46. The van der Waals surface area contributed by atoms with Crippen LogP contribution in [0.25, 0.3) is 0 Å². The monoisotopic (exact) mass is 173 g/mol. The standard InChI is InChI=1S/C6H7NOS2/c1-2-4(8)5-6(9)10-3-7-5/h3,9H,2H2,1H3. The molecular formula is C6H7NOS2. The van der Waals surface area contributed by atoms with Crippen molar-refractivity contribution in [2.75, 3.05) is 0 Å². The van der Waals surface area contributed by atoms with Gasteiger partial charge in [0.05, 0.1) is 9.72 Å². The molecule has 0 aliphatic rings. The molecule has 0 atom stereocenters. The Labute approximate surface area is 68.7 Å². The largest absolute Gasteiger partial charge is 0.292 e. The second-order valence-electron chi connectivity index (χ2n) is 1.78. The van der Waals surface area contributed by atoms with Crippen LogP contribution in [-0.4, -0.2) is 10.8 Å². The van der Waals surface area contributed by atoms with Gasteiger partial charge in [0, 0.05) is 6.42 Å². The Morgan fingerprint density at radius 2 is 2.60 bits per heavy atom. The quantitative estimate of drug-likeness (QED) is 0.548. The van der Waals surface area contributed by atoms with Crippen molar-refractivity contribution in [3.8, 4) is 0 Å². The van der Waals surface area contributed by atoms with Gasteiger partial charge in [-0.3, -0.25) is 4.79 Å². The second-order valence-corrected chi connectivity index (χ2v) is 3.39. The Balaban J connectivity index is 2.93. The van der Waals surface area contributed by atoms with Crippen molar-refractivity contribution in [1.82, 2.24) is 4.98 Å². The van der Waals surface area contributed by atoms with Gasteiger partial charge in [-0.1, -0.05) is 6.92 Å². The highest BCUT2D eigenvalue weighted by atomic mass is 32.2. The number of hydrogen-bond donors (Lipinski definition) is 1. The van der Waals surface area contributed by atoms with Crippen LogP contribution < -0.4 is 0 Å². The highest BCUT2D eigenvalue weighted by Gasteiger charge is 2.08. The van der Waals surface area contributed by atoms with Gasteiger partial charge in [0.1, 0.15) is 5.69 Å². The first kappa shape index (κ1) is 7.75. The summed E-state index contributed by atoms with van der Waals surface area (Å²) in [6, 6.07) is 0. The molecule has 1 heterocycles. The van der Waals surface area contributed by atoms with Gasteiger partial charge < -0.3 is 0 Å². The molecule has 0 aliphatic carbocycles. The van der Waals surface area contributed by atoms with Crippen molar-refractivity contribution >= 4 is 29.7 Å². The van der Waals surface area contributed by atoms with Crippen molar-refractivity contribution in [2.24, 2.45) is 0 Å². The number of carbonyl (C=O) groups is 1. The lowest BCUT2D eigenvalue weighted by Crippen LogP contribution is -1.96. The fraction of sp³-hybridized carbons (Fsp3) is 0.333. The first-order valence-corrected chi connectivity index (χ1v) is 4.24. The number of thiol groups is 1. The zero-order valence-corrected chi connectivity index (χ0v) is 7.21. The van der Waals surface area contributed by atoms with Crippen molar-refractivity contribution in [1.29, 1.82) is 0 Å². The summed E-state index contributed by atoms with van der Waals surface area (Å²) in [5, 5.41) is 0.